The molecule has 0 saturated heterocycles. The molecule has 3 aromatic rings. The summed E-state index contributed by atoms with van der Waals surface area (Å²) in [7, 11) is -1.12. The minimum absolute atomic E-state index is 0.00983. The molecule has 1 unspecified atom stereocenters. The lowest BCUT2D eigenvalue weighted by atomic mass is 10.1. The van der Waals surface area contributed by atoms with Crippen LogP contribution in [0.15, 0.2) is 77.7 Å². The average molecular weight is 582 g/mol. The van der Waals surface area contributed by atoms with Crippen molar-refractivity contribution >= 4 is 27.5 Å². The zero-order chi connectivity index (χ0) is 30.2. The number of hydrogen-bond donors (Lipinski definition) is 1. The molecule has 10 heteroatoms. The first kappa shape index (κ1) is 31.5. The maximum absolute atomic E-state index is 14.1. The van der Waals surface area contributed by atoms with E-state index in [1.54, 1.807) is 61.7 Å². The van der Waals surface area contributed by atoms with Crippen LogP contribution in [0.3, 0.4) is 0 Å². The predicted octanol–water partition coefficient (Wildman–Crippen LogP) is 4.54. The zero-order valence-corrected chi connectivity index (χ0v) is 25.3. The van der Waals surface area contributed by atoms with E-state index in [1.165, 1.54) is 24.1 Å². The number of carbonyl (C=O) groups excluding carboxylic acids is 2. The van der Waals surface area contributed by atoms with E-state index in [-0.39, 0.29) is 23.4 Å². The Morgan fingerprint density at radius 2 is 1.54 bits per heavy atom. The van der Waals surface area contributed by atoms with Gasteiger partial charge in [-0.1, -0.05) is 36.8 Å². The molecular weight excluding hydrogens is 542 g/mol. The first-order chi connectivity index (χ1) is 19.5. The van der Waals surface area contributed by atoms with Crippen molar-refractivity contribution in [2.45, 2.75) is 57.6 Å². The highest BCUT2D eigenvalue weighted by Gasteiger charge is 2.34. The van der Waals surface area contributed by atoms with E-state index in [4.69, 9.17) is 9.47 Å². The van der Waals surface area contributed by atoms with Crippen molar-refractivity contribution in [1.82, 2.24) is 10.2 Å². The van der Waals surface area contributed by atoms with E-state index in [1.807, 2.05) is 33.8 Å². The van der Waals surface area contributed by atoms with Crippen LogP contribution in [0.1, 0.15) is 38.3 Å². The van der Waals surface area contributed by atoms with Gasteiger partial charge in [0.1, 0.15) is 24.1 Å². The number of nitrogens with zero attached hydrogens (tertiary/aromatic N) is 2. The molecule has 3 aromatic carbocycles. The molecule has 0 aromatic heterocycles. The molecule has 0 spiro atoms. The number of sulfonamides is 1. The van der Waals surface area contributed by atoms with Crippen molar-refractivity contribution in [2.24, 2.45) is 0 Å². The summed E-state index contributed by atoms with van der Waals surface area (Å²) in [5.74, 6) is 0.293. The van der Waals surface area contributed by atoms with Gasteiger partial charge in [-0.05, 0) is 81.3 Å². The number of benzene rings is 3. The van der Waals surface area contributed by atoms with Gasteiger partial charge in [-0.25, -0.2) is 8.42 Å². The number of rotatable bonds is 13. The number of hydrogen-bond acceptors (Lipinski definition) is 6. The molecule has 0 radical (unpaired) electrons. The summed E-state index contributed by atoms with van der Waals surface area (Å²) in [6, 6.07) is 19.2. The highest BCUT2D eigenvalue weighted by atomic mass is 32.2. The fourth-order valence-corrected chi connectivity index (χ4v) is 5.80. The van der Waals surface area contributed by atoms with Crippen LogP contribution in [0.4, 0.5) is 5.69 Å². The Hall–Kier alpha value is -4.05. The van der Waals surface area contributed by atoms with Gasteiger partial charge in [0, 0.05) is 12.6 Å². The summed E-state index contributed by atoms with van der Waals surface area (Å²) >= 11 is 0. The Labute approximate surface area is 243 Å². The van der Waals surface area contributed by atoms with Gasteiger partial charge in [0.2, 0.25) is 11.8 Å². The van der Waals surface area contributed by atoms with Gasteiger partial charge in [-0.15, -0.1) is 0 Å². The number of amides is 2. The normalized spacial score (nSPS) is 12.0. The van der Waals surface area contributed by atoms with Gasteiger partial charge in [0.25, 0.3) is 10.0 Å². The molecule has 9 nitrogen and oxygen atoms in total. The SMILES string of the molecule is CCC(C(=O)NC(C)C)N(Cc1cccc(OC)c1)C(=O)CN(c1ccc(C)cc1)S(=O)(=O)c1ccc(OC)cc1. The topological polar surface area (TPSA) is 105 Å². The molecule has 0 bridgehead atoms. The third-order valence-corrected chi connectivity index (χ3v) is 8.34. The number of carbonyl (C=O) groups is 2. The van der Waals surface area contributed by atoms with Crippen molar-refractivity contribution < 1.29 is 27.5 Å². The predicted molar refractivity (Wildman–Crippen MR) is 160 cm³/mol. The van der Waals surface area contributed by atoms with Crippen molar-refractivity contribution in [3.8, 4) is 11.5 Å². The van der Waals surface area contributed by atoms with Crippen molar-refractivity contribution in [3.05, 3.63) is 83.9 Å². The summed E-state index contributed by atoms with van der Waals surface area (Å²) < 4.78 is 39.5. The fourth-order valence-electron chi connectivity index (χ4n) is 4.38. The molecule has 3 rings (SSSR count). The Kier molecular flexibility index (Phi) is 10.8. The smallest absolute Gasteiger partial charge is 0.264 e. The average Bonchev–Trinajstić information content (AvgIpc) is 2.96. The summed E-state index contributed by atoms with van der Waals surface area (Å²) in [6.45, 7) is 6.99. The van der Waals surface area contributed by atoms with Gasteiger partial charge in [-0.3, -0.25) is 13.9 Å². The highest BCUT2D eigenvalue weighted by Crippen LogP contribution is 2.27. The standard InChI is InChI=1S/C31H39N3O6S/c1-7-29(31(36)32-22(2)3)33(20-24-9-8-10-27(19-24)40-6)30(35)21-34(25-13-11-23(4)12-14-25)41(37,38)28-17-15-26(39-5)16-18-28/h8-19,22,29H,7,20-21H2,1-6H3,(H,32,36). The number of nitrogens with one attached hydrogen (secondary N) is 1. The molecule has 1 atom stereocenters. The van der Waals surface area contributed by atoms with E-state index in [9.17, 15) is 18.0 Å². The maximum Gasteiger partial charge on any atom is 0.264 e. The van der Waals surface area contributed by atoms with Crippen LogP contribution in [0, 0.1) is 6.92 Å². The van der Waals surface area contributed by atoms with Crippen LogP contribution in [-0.4, -0.2) is 58.0 Å². The molecule has 0 heterocycles. The first-order valence-corrected chi connectivity index (χ1v) is 14.9. The second-order valence-electron chi connectivity index (χ2n) is 9.98. The monoisotopic (exact) mass is 581 g/mol. The molecule has 1 N–H and O–H groups in total. The van der Waals surface area contributed by atoms with E-state index < -0.39 is 28.5 Å². The molecule has 41 heavy (non-hydrogen) atoms. The van der Waals surface area contributed by atoms with Gasteiger partial charge >= 0.3 is 0 Å². The highest BCUT2D eigenvalue weighted by molar-refractivity contribution is 7.92. The quantitative estimate of drug-likeness (QED) is 0.318. The number of ether oxygens (including phenoxy) is 2. The molecule has 0 aliphatic carbocycles. The molecule has 0 aliphatic heterocycles. The van der Waals surface area contributed by atoms with Crippen LogP contribution in [-0.2, 0) is 26.2 Å². The Bertz CT molecular complexity index is 1420. The number of methoxy groups -OCH3 is 2. The summed E-state index contributed by atoms with van der Waals surface area (Å²) in [4.78, 5) is 28.8. The van der Waals surface area contributed by atoms with Crippen LogP contribution in [0.2, 0.25) is 0 Å². The number of anilines is 1. The Morgan fingerprint density at radius 1 is 0.902 bits per heavy atom. The molecule has 220 valence electrons. The molecule has 0 saturated carbocycles. The molecule has 0 aliphatic rings. The van der Waals surface area contributed by atoms with Crippen LogP contribution >= 0.6 is 0 Å². The lowest BCUT2D eigenvalue weighted by Gasteiger charge is -2.33. The van der Waals surface area contributed by atoms with Gasteiger partial charge in [0.05, 0.1) is 24.8 Å². The largest absolute Gasteiger partial charge is 0.497 e. The summed E-state index contributed by atoms with van der Waals surface area (Å²) in [5, 5.41) is 2.89. The lowest BCUT2D eigenvalue weighted by molar-refractivity contribution is -0.140. The molecular formula is C31H39N3O6S. The van der Waals surface area contributed by atoms with Crippen molar-refractivity contribution in [1.29, 1.82) is 0 Å². The molecule has 2 amide bonds. The zero-order valence-electron chi connectivity index (χ0n) is 24.5. The first-order valence-electron chi connectivity index (χ1n) is 13.5. The second kappa shape index (κ2) is 14.0. The number of aryl methyl sites for hydroxylation is 1. The lowest BCUT2D eigenvalue weighted by Crippen LogP contribution is -2.53. The van der Waals surface area contributed by atoms with Crippen LogP contribution < -0.4 is 19.1 Å². The second-order valence-corrected chi connectivity index (χ2v) is 11.8. The third kappa shape index (κ3) is 8.00. The van der Waals surface area contributed by atoms with Gasteiger partial charge < -0.3 is 19.7 Å². The fraction of sp³-hybridized carbons (Fsp3) is 0.355. The van der Waals surface area contributed by atoms with E-state index in [2.05, 4.69) is 5.32 Å². The van der Waals surface area contributed by atoms with E-state index in [0.717, 1.165) is 15.4 Å². The Balaban J connectivity index is 2.06. The van der Waals surface area contributed by atoms with E-state index >= 15 is 0 Å². The Morgan fingerprint density at radius 3 is 2.10 bits per heavy atom. The van der Waals surface area contributed by atoms with E-state index in [0.29, 0.717) is 23.6 Å². The maximum atomic E-state index is 14.1. The molecule has 0 fully saturated rings. The van der Waals surface area contributed by atoms with Gasteiger partial charge in [-0.2, -0.15) is 0 Å². The van der Waals surface area contributed by atoms with Crippen LogP contribution in [0.25, 0.3) is 0 Å². The minimum atomic E-state index is -4.17. The van der Waals surface area contributed by atoms with Crippen molar-refractivity contribution in [2.75, 3.05) is 25.1 Å². The third-order valence-electron chi connectivity index (χ3n) is 6.55. The van der Waals surface area contributed by atoms with Crippen LogP contribution in [0.5, 0.6) is 11.5 Å². The summed E-state index contributed by atoms with van der Waals surface area (Å²) in [6.07, 6.45) is 0.337. The minimum Gasteiger partial charge on any atom is -0.497 e. The van der Waals surface area contributed by atoms with Gasteiger partial charge in [0.15, 0.2) is 0 Å². The summed E-state index contributed by atoms with van der Waals surface area (Å²) in [5.41, 5.74) is 2.02. The van der Waals surface area contributed by atoms with Crippen molar-refractivity contribution in [3.63, 3.8) is 0 Å².